The number of pyridine rings is 1. The van der Waals surface area contributed by atoms with E-state index in [-0.39, 0.29) is 18.3 Å². The van der Waals surface area contributed by atoms with Crippen molar-refractivity contribution in [2.24, 2.45) is 10.1 Å². The number of rotatable bonds is 4. The second-order valence-corrected chi connectivity index (χ2v) is 7.72. The maximum absolute atomic E-state index is 13.3. The van der Waals surface area contributed by atoms with Gasteiger partial charge in [-0.1, -0.05) is 6.07 Å². The molecule has 1 N–H and O–H groups in total. The van der Waals surface area contributed by atoms with E-state index in [9.17, 15) is 9.18 Å². The van der Waals surface area contributed by atoms with Crippen LogP contribution in [0.15, 0.2) is 82.5 Å². The van der Waals surface area contributed by atoms with Crippen molar-refractivity contribution in [3.8, 4) is 17.0 Å². The zero-order valence-electron chi connectivity index (χ0n) is 16.6. The molecule has 3 heterocycles. The van der Waals surface area contributed by atoms with Gasteiger partial charge in [0.25, 0.3) is 5.91 Å². The summed E-state index contributed by atoms with van der Waals surface area (Å²) in [5.74, 6) is 0.0938. The van der Waals surface area contributed by atoms with Crippen LogP contribution in [-0.4, -0.2) is 28.4 Å². The molecule has 0 saturated heterocycles. The smallest absolute Gasteiger partial charge is 0.262 e. The van der Waals surface area contributed by atoms with E-state index in [0.717, 1.165) is 16.8 Å². The average molecular weight is 445 g/mol. The molecule has 2 aromatic heterocycles. The Morgan fingerprint density at radius 2 is 2.06 bits per heavy atom. The molecule has 2 aromatic carbocycles. The second-order valence-electron chi connectivity index (χ2n) is 6.88. The highest BCUT2D eigenvalue weighted by molar-refractivity contribution is 7.07. The Bertz CT molecular complexity index is 1380. The van der Waals surface area contributed by atoms with Gasteiger partial charge in [-0.15, -0.1) is 11.3 Å². The quantitative estimate of drug-likeness (QED) is 0.478. The number of aromatic nitrogens is 2. The van der Waals surface area contributed by atoms with Gasteiger partial charge in [-0.3, -0.25) is 9.78 Å². The van der Waals surface area contributed by atoms with E-state index >= 15 is 0 Å². The molecule has 0 aliphatic carbocycles. The number of halogens is 1. The molecule has 0 bridgehead atoms. The average Bonchev–Trinajstić information content (AvgIpc) is 3.21. The number of hydrogen-bond donors (Lipinski definition) is 1. The molecule has 0 unspecified atom stereocenters. The molecule has 1 aliphatic rings. The molecule has 0 spiro atoms. The van der Waals surface area contributed by atoms with Crippen molar-refractivity contribution in [2.75, 3.05) is 11.9 Å². The Balaban J connectivity index is 1.62. The minimum absolute atomic E-state index is 0.000893. The molecule has 7 nitrogen and oxygen atoms in total. The van der Waals surface area contributed by atoms with Gasteiger partial charge < -0.3 is 10.1 Å². The second kappa shape index (κ2) is 8.56. The third-order valence-corrected chi connectivity index (χ3v) is 5.47. The van der Waals surface area contributed by atoms with Crippen molar-refractivity contribution >= 4 is 34.8 Å². The summed E-state index contributed by atoms with van der Waals surface area (Å²) in [5.41, 5.74) is 3.64. The maximum Gasteiger partial charge on any atom is 0.262 e. The van der Waals surface area contributed by atoms with Crippen LogP contribution in [0.3, 0.4) is 0 Å². The topological polar surface area (TPSA) is 80.9 Å². The fourth-order valence-electron chi connectivity index (χ4n) is 3.13. The molecule has 0 fully saturated rings. The summed E-state index contributed by atoms with van der Waals surface area (Å²) in [5, 5.41) is 9.38. The van der Waals surface area contributed by atoms with Crippen LogP contribution in [-0.2, 0) is 4.79 Å². The predicted octanol–water partition coefficient (Wildman–Crippen LogP) is 4.20. The molecule has 4 aromatic rings. The van der Waals surface area contributed by atoms with Crippen molar-refractivity contribution in [3.05, 3.63) is 88.6 Å². The minimum atomic E-state index is -0.323. The Hall–Kier alpha value is -4.11. The SMILES string of the molecule is O=C1COc2ccc(-c3csc(=Nc4ccc(F)cc4)n3N=Cc3cccnc3)cc2N1. The van der Waals surface area contributed by atoms with Gasteiger partial charge in [0.1, 0.15) is 11.6 Å². The normalized spacial score (nSPS) is 13.7. The first-order chi connectivity index (χ1) is 15.7. The number of benzene rings is 2. The van der Waals surface area contributed by atoms with Crippen LogP contribution < -0.4 is 14.9 Å². The monoisotopic (exact) mass is 445 g/mol. The number of carbonyl (C=O) groups is 1. The maximum atomic E-state index is 13.3. The van der Waals surface area contributed by atoms with Crippen LogP contribution in [0.2, 0.25) is 0 Å². The molecule has 32 heavy (non-hydrogen) atoms. The Kier molecular flexibility index (Phi) is 5.30. The summed E-state index contributed by atoms with van der Waals surface area (Å²) in [7, 11) is 0. The van der Waals surface area contributed by atoms with E-state index in [0.29, 0.717) is 21.9 Å². The third-order valence-electron chi connectivity index (χ3n) is 4.65. The summed E-state index contributed by atoms with van der Waals surface area (Å²) in [6.45, 7) is 0.000893. The fourth-order valence-corrected chi connectivity index (χ4v) is 3.99. The molecule has 9 heteroatoms. The summed E-state index contributed by atoms with van der Waals surface area (Å²) in [6, 6.07) is 15.2. The number of carbonyl (C=O) groups excluding carboxylic acids is 1. The summed E-state index contributed by atoms with van der Waals surface area (Å²) < 4.78 is 20.4. The van der Waals surface area contributed by atoms with Crippen molar-refractivity contribution < 1.29 is 13.9 Å². The zero-order chi connectivity index (χ0) is 21.9. The number of nitrogens with one attached hydrogen (secondary N) is 1. The van der Waals surface area contributed by atoms with Crippen molar-refractivity contribution in [1.82, 2.24) is 9.66 Å². The highest BCUT2D eigenvalue weighted by atomic mass is 32.1. The van der Waals surface area contributed by atoms with Gasteiger partial charge in [0, 0.05) is 28.9 Å². The lowest BCUT2D eigenvalue weighted by atomic mass is 10.1. The molecule has 1 amide bonds. The van der Waals surface area contributed by atoms with Crippen LogP contribution in [0.5, 0.6) is 5.75 Å². The van der Waals surface area contributed by atoms with Crippen LogP contribution >= 0.6 is 11.3 Å². The van der Waals surface area contributed by atoms with E-state index in [1.165, 1.54) is 23.5 Å². The molecule has 0 atom stereocenters. The highest BCUT2D eigenvalue weighted by Crippen LogP contribution is 2.33. The van der Waals surface area contributed by atoms with Gasteiger partial charge in [-0.2, -0.15) is 5.10 Å². The third kappa shape index (κ3) is 4.19. The van der Waals surface area contributed by atoms with Gasteiger partial charge in [-0.25, -0.2) is 14.1 Å². The van der Waals surface area contributed by atoms with E-state index in [1.54, 1.807) is 35.4 Å². The largest absolute Gasteiger partial charge is 0.482 e. The van der Waals surface area contributed by atoms with Gasteiger partial charge in [0.05, 0.1) is 23.3 Å². The van der Waals surface area contributed by atoms with Crippen LogP contribution in [0.4, 0.5) is 15.8 Å². The number of amides is 1. The summed E-state index contributed by atoms with van der Waals surface area (Å²) in [4.78, 5) is 21.1. The van der Waals surface area contributed by atoms with Crippen molar-refractivity contribution in [2.45, 2.75) is 0 Å². The summed E-state index contributed by atoms with van der Waals surface area (Å²) in [6.07, 6.45) is 5.09. The van der Waals surface area contributed by atoms with Gasteiger partial charge >= 0.3 is 0 Å². The number of nitrogens with zero attached hydrogens (tertiary/aromatic N) is 4. The van der Waals surface area contributed by atoms with Gasteiger partial charge in [0.15, 0.2) is 6.61 Å². The van der Waals surface area contributed by atoms with Gasteiger partial charge in [0.2, 0.25) is 4.80 Å². The predicted molar refractivity (Wildman–Crippen MR) is 121 cm³/mol. The number of anilines is 1. The lowest BCUT2D eigenvalue weighted by Crippen LogP contribution is -2.25. The lowest BCUT2D eigenvalue weighted by molar-refractivity contribution is -0.118. The first-order valence-corrected chi connectivity index (χ1v) is 10.6. The van der Waals surface area contributed by atoms with Crippen molar-refractivity contribution in [3.63, 3.8) is 0 Å². The van der Waals surface area contributed by atoms with Crippen LogP contribution in [0, 0.1) is 5.82 Å². The minimum Gasteiger partial charge on any atom is -0.482 e. The standard InChI is InChI=1S/C23H16FN5O2S/c24-17-4-6-18(7-5-17)27-23-29(26-12-15-2-1-9-25-11-15)20(14-32-23)16-3-8-21-19(10-16)28-22(30)13-31-21/h1-12,14H,13H2,(H,28,30). The molecular formula is C23H16FN5O2S. The Morgan fingerprint density at radius 3 is 2.88 bits per heavy atom. The molecule has 0 saturated carbocycles. The number of hydrogen-bond acceptors (Lipinski definition) is 6. The molecule has 5 rings (SSSR count). The first-order valence-electron chi connectivity index (χ1n) is 9.68. The van der Waals surface area contributed by atoms with E-state index in [4.69, 9.17) is 4.74 Å². The number of ether oxygens (including phenoxy) is 1. The van der Waals surface area contributed by atoms with Crippen LogP contribution in [0.25, 0.3) is 11.3 Å². The number of fused-ring (bicyclic) bond motifs is 1. The van der Waals surface area contributed by atoms with E-state index < -0.39 is 0 Å². The fraction of sp³-hybridized carbons (Fsp3) is 0.0435. The summed E-state index contributed by atoms with van der Waals surface area (Å²) >= 11 is 1.40. The molecule has 0 radical (unpaired) electrons. The molecule has 1 aliphatic heterocycles. The zero-order valence-corrected chi connectivity index (χ0v) is 17.4. The molecule has 158 valence electrons. The Labute approximate surface area is 186 Å². The Morgan fingerprint density at radius 1 is 1.19 bits per heavy atom. The number of thiazole rings is 1. The first kappa shape index (κ1) is 19.8. The van der Waals surface area contributed by atoms with Crippen LogP contribution in [0.1, 0.15) is 5.56 Å². The highest BCUT2D eigenvalue weighted by Gasteiger charge is 2.17. The van der Waals surface area contributed by atoms with E-state index in [2.05, 4.69) is 20.4 Å². The molecular weight excluding hydrogens is 429 g/mol. The van der Waals surface area contributed by atoms with Gasteiger partial charge in [-0.05, 0) is 48.5 Å². The van der Waals surface area contributed by atoms with E-state index in [1.807, 2.05) is 35.7 Å². The van der Waals surface area contributed by atoms with Crippen molar-refractivity contribution in [1.29, 1.82) is 0 Å². The lowest BCUT2D eigenvalue weighted by Gasteiger charge is -2.18.